The lowest BCUT2D eigenvalue weighted by atomic mass is 10.1. The molecule has 0 aliphatic heterocycles. The number of hydrazone groups is 1. The summed E-state index contributed by atoms with van der Waals surface area (Å²) in [7, 11) is 1.37. The average Bonchev–Trinajstić information content (AvgIpc) is 2.84. The fraction of sp³-hybridized carbons (Fsp3) is 0.579. The molecule has 0 spiro atoms. The predicted octanol–water partition coefficient (Wildman–Crippen LogP) is 1.14. The zero-order valence-electron chi connectivity index (χ0n) is 19.1. The monoisotopic (exact) mass is 483 g/mol. The topological polar surface area (TPSA) is 206 Å². The van der Waals surface area contributed by atoms with E-state index in [1.165, 1.54) is 20.1 Å². The van der Waals surface area contributed by atoms with Gasteiger partial charge in [-0.1, -0.05) is 5.11 Å². The lowest BCUT2D eigenvalue weighted by molar-refractivity contribution is -0.385. The Bertz CT molecular complexity index is 874. The van der Waals surface area contributed by atoms with Crippen molar-refractivity contribution in [1.29, 1.82) is 0 Å². The van der Waals surface area contributed by atoms with Crippen molar-refractivity contribution in [2.75, 3.05) is 66.4 Å². The van der Waals surface area contributed by atoms with Gasteiger partial charge in [-0.2, -0.15) is 5.10 Å². The van der Waals surface area contributed by atoms with Crippen LogP contribution in [0.1, 0.15) is 12.5 Å². The van der Waals surface area contributed by atoms with Crippen molar-refractivity contribution < 1.29 is 33.4 Å². The van der Waals surface area contributed by atoms with Gasteiger partial charge in [-0.05, 0) is 18.5 Å². The fourth-order valence-corrected chi connectivity index (χ4v) is 2.48. The number of carbonyl (C=O) groups is 1. The number of methoxy groups -OCH3 is 1. The van der Waals surface area contributed by atoms with E-state index in [2.05, 4.69) is 20.4 Å². The maximum atomic E-state index is 12.0. The molecule has 0 saturated carbocycles. The first-order valence-electron chi connectivity index (χ1n) is 10.2. The Kier molecular flexibility index (Phi) is 14.1. The second kappa shape index (κ2) is 16.9. The highest BCUT2D eigenvalue weighted by Crippen LogP contribution is 2.35. The summed E-state index contributed by atoms with van der Waals surface area (Å²) in [6.45, 7) is 3.73. The van der Waals surface area contributed by atoms with Crippen LogP contribution in [0.3, 0.4) is 0 Å². The highest BCUT2D eigenvalue weighted by atomic mass is 16.6. The van der Waals surface area contributed by atoms with E-state index < -0.39 is 10.8 Å². The van der Waals surface area contributed by atoms with Crippen molar-refractivity contribution in [2.24, 2.45) is 16.1 Å². The van der Waals surface area contributed by atoms with Crippen LogP contribution in [0.15, 0.2) is 22.3 Å². The van der Waals surface area contributed by atoms with Gasteiger partial charge in [0.2, 0.25) is 0 Å². The van der Waals surface area contributed by atoms with Crippen molar-refractivity contribution in [3.63, 3.8) is 0 Å². The number of rotatable bonds is 18. The quantitative estimate of drug-likeness (QED) is 0.0448. The number of hydrogen-bond donors (Lipinski definition) is 2. The molecule has 0 heterocycles. The first kappa shape index (κ1) is 28.4. The van der Waals surface area contributed by atoms with Crippen LogP contribution in [-0.4, -0.2) is 83.0 Å². The minimum atomic E-state index is -0.601. The summed E-state index contributed by atoms with van der Waals surface area (Å²) in [5.41, 5.74) is 8.26. The highest BCUT2D eigenvalue weighted by molar-refractivity contribution is 6.02. The summed E-state index contributed by atoms with van der Waals surface area (Å²) in [4.78, 5) is 25.4. The van der Waals surface area contributed by atoms with Crippen LogP contribution in [0.4, 0.5) is 5.69 Å². The number of azide groups is 1. The molecule has 34 heavy (non-hydrogen) atoms. The van der Waals surface area contributed by atoms with Gasteiger partial charge < -0.3 is 34.8 Å². The number of nitrogens with zero attached hydrogens (tertiary/aromatic N) is 5. The molecule has 1 rings (SSSR count). The zero-order chi connectivity index (χ0) is 25.2. The number of carbonyl (C=O) groups excluding carboxylic acids is 1. The summed E-state index contributed by atoms with van der Waals surface area (Å²) in [6, 6.07) is 2.53. The maximum absolute atomic E-state index is 12.0. The third-order valence-corrected chi connectivity index (χ3v) is 4.13. The molecule has 0 radical (unpaired) electrons. The molecule has 3 N–H and O–H groups in total. The Hall–Kier alpha value is -3.65. The third-order valence-electron chi connectivity index (χ3n) is 4.13. The molecular formula is C19H29N7O8. The minimum absolute atomic E-state index is 0.0353. The Balaban J connectivity index is 2.30. The molecule has 0 unspecified atom stereocenters. The van der Waals surface area contributed by atoms with Gasteiger partial charge in [-0.3, -0.25) is 14.9 Å². The highest BCUT2D eigenvalue weighted by Gasteiger charge is 2.22. The van der Waals surface area contributed by atoms with Gasteiger partial charge in [-0.25, -0.2) is 0 Å². The summed E-state index contributed by atoms with van der Waals surface area (Å²) in [5, 5.41) is 20.8. The molecule has 0 aliphatic carbocycles. The van der Waals surface area contributed by atoms with E-state index >= 15 is 0 Å². The van der Waals surface area contributed by atoms with Gasteiger partial charge in [0.1, 0.15) is 0 Å². The van der Waals surface area contributed by atoms with Crippen LogP contribution in [0.5, 0.6) is 11.5 Å². The predicted molar refractivity (Wildman–Crippen MR) is 121 cm³/mol. The molecule has 15 nitrogen and oxygen atoms in total. The summed E-state index contributed by atoms with van der Waals surface area (Å²) >= 11 is 0. The van der Waals surface area contributed by atoms with Crippen LogP contribution >= 0.6 is 0 Å². The molecular weight excluding hydrogens is 454 g/mol. The Morgan fingerprint density at radius 2 is 1.79 bits per heavy atom. The first-order chi connectivity index (χ1) is 16.4. The van der Waals surface area contributed by atoms with E-state index in [1.807, 2.05) is 0 Å². The number of amides is 1. The van der Waals surface area contributed by atoms with E-state index in [4.69, 9.17) is 35.1 Å². The zero-order valence-corrected chi connectivity index (χ0v) is 19.1. The lowest BCUT2D eigenvalue weighted by Gasteiger charge is -2.13. The van der Waals surface area contributed by atoms with Crippen LogP contribution in [0.25, 0.3) is 10.4 Å². The molecule has 188 valence electrons. The van der Waals surface area contributed by atoms with Crippen LogP contribution in [0, 0.1) is 10.1 Å². The number of nitrogens with one attached hydrogen (secondary N) is 1. The van der Waals surface area contributed by atoms with Crippen LogP contribution in [-0.2, 0) is 19.0 Å². The molecule has 0 bridgehead atoms. The molecule has 15 heteroatoms. The SMILES string of the molecule is COc1cc(C(C)=NN)c([N+](=O)[O-])cc1OCC(=O)NCCOCCOCCOCCN=[N+]=[N-]. The number of hydrogen-bond acceptors (Lipinski definition) is 11. The van der Waals surface area contributed by atoms with Gasteiger partial charge in [0.25, 0.3) is 11.6 Å². The number of nitro groups is 1. The van der Waals surface area contributed by atoms with E-state index in [0.29, 0.717) is 33.0 Å². The molecule has 1 aromatic rings. The van der Waals surface area contributed by atoms with Crippen LogP contribution < -0.4 is 20.6 Å². The minimum Gasteiger partial charge on any atom is -0.493 e. The summed E-state index contributed by atoms with van der Waals surface area (Å²) in [5.74, 6) is 5.02. The van der Waals surface area contributed by atoms with E-state index in [9.17, 15) is 14.9 Å². The second-order valence-electron chi connectivity index (χ2n) is 6.42. The van der Waals surface area contributed by atoms with Crippen molar-refractivity contribution in [1.82, 2.24) is 5.32 Å². The molecule has 1 aromatic carbocycles. The van der Waals surface area contributed by atoms with Crippen molar-refractivity contribution in [3.8, 4) is 11.5 Å². The fourth-order valence-electron chi connectivity index (χ4n) is 2.48. The van der Waals surface area contributed by atoms with E-state index in [1.54, 1.807) is 0 Å². The van der Waals surface area contributed by atoms with E-state index in [0.717, 1.165) is 6.07 Å². The normalized spacial score (nSPS) is 10.9. The first-order valence-corrected chi connectivity index (χ1v) is 10.2. The Morgan fingerprint density at radius 3 is 2.38 bits per heavy atom. The van der Waals surface area contributed by atoms with Crippen LogP contribution in [0.2, 0.25) is 0 Å². The lowest BCUT2D eigenvalue weighted by Crippen LogP contribution is -2.32. The maximum Gasteiger partial charge on any atom is 0.282 e. The standard InChI is InChI=1S/C19H29N7O8/c1-14(24-20)15-11-17(30-2)18(12-16(15)26(28)29)34-13-19(27)22-3-5-31-7-9-33-10-8-32-6-4-23-25-21/h11-12H,3-10,13,20H2,1-2H3,(H,22,27). The van der Waals surface area contributed by atoms with Gasteiger partial charge in [0.05, 0.1) is 69.0 Å². The molecule has 1 amide bonds. The van der Waals surface area contributed by atoms with Crippen molar-refractivity contribution >= 4 is 17.3 Å². The molecule has 0 atom stereocenters. The van der Waals surface area contributed by atoms with Gasteiger partial charge in [0, 0.05) is 18.0 Å². The van der Waals surface area contributed by atoms with E-state index in [-0.39, 0.29) is 54.8 Å². The van der Waals surface area contributed by atoms with Crippen molar-refractivity contribution in [2.45, 2.75) is 6.92 Å². The Labute approximate surface area is 195 Å². The number of benzene rings is 1. The Morgan fingerprint density at radius 1 is 1.15 bits per heavy atom. The smallest absolute Gasteiger partial charge is 0.282 e. The van der Waals surface area contributed by atoms with Crippen molar-refractivity contribution in [3.05, 3.63) is 38.3 Å². The number of nitro benzene ring substituents is 1. The molecule has 0 aromatic heterocycles. The average molecular weight is 483 g/mol. The number of nitrogens with two attached hydrogens (primary N) is 1. The third kappa shape index (κ3) is 10.8. The summed E-state index contributed by atoms with van der Waals surface area (Å²) in [6.07, 6.45) is 0. The molecule has 0 saturated heterocycles. The molecule has 0 aliphatic rings. The summed E-state index contributed by atoms with van der Waals surface area (Å²) < 4.78 is 26.4. The van der Waals surface area contributed by atoms with Gasteiger partial charge in [-0.15, -0.1) is 0 Å². The van der Waals surface area contributed by atoms with Gasteiger partial charge in [0.15, 0.2) is 18.1 Å². The van der Waals surface area contributed by atoms with Gasteiger partial charge >= 0.3 is 0 Å². The molecule has 0 fully saturated rings. The number of ether oxygens (including phenoxy) is 5. The largest absolute Gasteiger partial charge is 0.493 e. The second-order valence-corrected chi connectivity index (χ2v) is 6.42.